The number of benzene rings is 3. The summed E-state index contributed by atoms with van der Waals surface area (Å²) in [6.07, 6.45) is 0. The third kappa shape index (κ3) is 5.78. The van der Waals surface area contributed by atoms with Crippen LogP contribution in [0.1, 0.15) is 22.3 Å². The first-order valence-corrected chi connectivity index (χ1v) is 12.8. The number of rotatable bonds is 8. The Bertz CT molecular complexity index is 1190. The molecule has 5 nitrogen and oxygen atoms in total. The Morgan fingerprint density at radius 1 is 0.667 bits per heavy atom. The van der Waals surface area contributed by atoms with Crippen molar-refractivity contribution in [3.05, 3.63) is 101 Å². The second-order valence-electron chi connectivity index (χ2n) is 7.39. The Labute approximate surface area is 179 Å². The first-order chi connectivity index (χ1) is 14.2. The minimum atomic E-state index is -3.49. The Morgan fingerprint density at radius 3 is 1.77 bits per heavy atom. The molecule has 0 atom stereocenters. The fourth-order valence-corrected chi connectivity index (χ4v) is 5.57. The molecule has 0 amide bonds. The fraction of sp³-hybridized carbons (Fsp3) is 0.217. The second-order valence-corrected chi connectivity index (χ2v) is 11.5. The summed E-state index contributed by atoms with van der Waals surface area (Å²) in [6.45, 7) is 2.20. The Kier molecular flexibility index (Phi) is 6.75. The number of nitrogens with zero attached hydrogens (tertiary/aromatic N) is 1. The van der Waals surface area contributed by atoms with E-state index in [1.807, 2.05) is 37.3 Å². The number of hydrogen-bond acceptors (Lipinski definition) is 4. The lowest BCUT2D eigenvalue weighted by atomic mass is 10.2. The second kappa shape index (κ2) is 9.12. The predicted octanol–water partition coefficient (Wildman–Crippen LogP) is 3.93. The summed E-state index contributed by atoms with van der Waals surface area (Å²) < 4.78 is 51.8. The van der Waals surface area contributed by atoms with Gasteiger partial charge in [0.05, 0.1) is 16.4 Å². The van der Waals surface area contributed by atoms with Crippen LogP contribution >= 0.6 is 0 Å². The van der Waals surface area contributed by atoms with Gasteiger partial charge in [0, 0.05) is 13.6 Å². The predicted molar refractivity (Wildman–Crippen MR) is 119 cm³/mol. The van der Waals surface area contributed by atoms with Gasteiger partial charge in [0.1, 0.15) is 0 Å². The van der Waals surface area contributed by atoms with Gasteiger partial charge in [0.25, 0.3) is 0 Å². The molecule has 0 saturated heterocycles. The molecule has 0 N–H and O–H groups in total. The van der Waals surface area contributed by atoms with E-state index in [4.69, 9.17) is 0 Å². The average Bonchev–Trinajstić information content (AvgIpc) is 2.70. The molecule has 3 rings (SSSR count). The molecule has 0 bridgehead atoms. The summed E-state index contributed by atoms with van der Waals surface area (Å²) >= 11 is 0. The van der Waals surface area contributed by atoms with E-state index in [1.165, 1.54) is 4.31 Å². The molecule has 0 aliphatic heterocycles. The number of sulfonamides is 1. The van der Waals surface area contributed by atoms with Crippen molar-refractivity contribution in [2.45, 2.75) is 29.9 Å². The molecule has 3 aromatic rings. The molecule has 0 radical (unpaired) electrons. The third-order valence-corrected chi connectivity index (χ3v) is 8.31. The first-order valence-electron chi connectivity index (χ1n) is 9.51. The molecule has 0 aromatic heterocycles. The standard InChI is InChI=1S/C23H25NO4S2/c1-19-8-14-23(15-9-19)29(25,26)17-21-10-12-22(13-11-21)18-30(27,28)24(2)16-20-6-4-3-5-7-20/h3-15H,16-18H2,1-2H3. The minimum absolute atomic E-state index is 0.128. The summed E-state index contributed by atoms with van der Waals surface area (Å²) in [5.74, 6) is -0.266. The van der Waals surface area contributed by atoms with Crippen molar-refractivity contribution < 1.29 is 16.8 Å². The van der Waals surface area contributed by atoms with Crippen LogP contribution in [-0.2, 0) is 37.9 Å². The van der Waals surface area contributed by atoms with Gasteiger partial charge in [-0.25, -0.2) is 21.1 Å². The quantitative estimate of drug-likeness (QED) is 0.529. The van der Waals surface area contributed by atoms with Crippen molar-refractivity contribution in [2.75, 3.05) is 7.05 Å². The van der Waals surface area contributed by atoms with Crippen LogP contribution in [0.2, 0.25) is 0 Å². The van der Waals surface area contributed by atoms with E-state index >= 15 is 0 Å². The minimum Gasteiger partial charge on any atom is -0.223 e. The fourth-order valence-electron chi connectivity index (χ4n) is 3.04. The smallest absolute Gasteiger partial charge is 0.218 e. The molecule has 0 saturated carbocycles. The average molecular weight is 444 g/mol. The highest BCUT2D eigenvalue weighted by molar-refractivity contribution is 7.90. The maximum Gasteiger partial charge on any atom is 0.218 e. The zero-order chi connectivity index (χ0) is 21.8. The molecule has 0 heterocycles. The van der Waals surface area contributed by atoms with Crippen LogP contribution in [-0.4, -0.2) is 28.2 Å². The zero-order valence-corrected chi connectivity index (χ0v) is 18.7. The molecule has 158 valence electrons. The van der Waals surface area contributed by atoms with Crippen molar-refractivity contribution in [1.29, 1.82) is 0 Å². The number of aryl methyl sites for hydroxylation is 1. The highest BCUT2D eigenvalue weighted by Crippen LogP contribution is 2.19. The van der Waals surface area contributed by atoms with Crippen LogP contribution in [0.5, 0.6) is 0 Å². The van der Waals surface area contributed by atoms with E-state index in [2.05, 4.69) is 0 Å². The lowest BCUT2D eigenvalue weighted by molar-refractivity contribution is 0.466. The molecule has 0 unspecified atom stereocenters. The highest BCUT2D eigenvalue weighted by atomic mass is 32.2. The van der Waals surface area contributed by atoms with E-state index < -0.39 is 19.9 Å². The molecule has 0 spiro atoms. The van der Waals surface area contributed by atoms with Gasteiger partial charge in [-0.1, -0.05) is 72.3 Å². The van der Waals surface area contributed by atoms with Gasteiger partial charge >= 0.3 is 0 Å². The Morgan fingerprint density at radius 2 is 1.20 bits per heavy atom. The number of sulfone groups is 1. The summed E-state index contributed by atoms with van der Waals surface area (Å²) in [6, 6.07) is 22.9. The summed E-state index contributed by atoms with van der Waals surface area (Å²) in [5, 5.41) is 0. The van der Waals surface area contributed by atoms with Gasteiger partial charge in [-0.05, 0) is 35.7 Å². The van der Waals surface area contributed by atoms with Gasteiger partial charge in [-0.3, -0.25) is 0 Å². The maximum absolute atomic E-state index is 12.7. The molecular formula is C23H25NO4S2. The lowest BCUT2D eigenvalue weighted by Crippen LogP contribution is -2.27. The largest absolute Gasteiger partial charge is 0.223 e. The molecule has 0 fully saturated rings. The van der Waals surface area contributed by atoms with Gasteiger partial charge in [0.15, 0.2) is 9.84 Å². The zero-order valence-electron chi connectivity index (χ0n) is 17.0. The first kappa shape index (κ1) is 22.2. The van der Waals surface area contributed by atoms with Crippen LogP contribution < -0.4 is 0 Å². The van der Waals surface area contributed by atoms with E-state index in [9.17, 15) is 16.8 Å². The molecule has 3 aromatic carbocycles. The molecule has 0 aliphatic carbocycles. The van der Waals surface area contributed by atoms with Gasteiger partial charge in [-0.2, -0.15) is 0 Å². The maximum atomic E-state index is 12.7. The molecule has 0 aliphatic rings. The summed E-state index contributed by atoms with van der Waals surface area (Å²) in [7, 11) is -5.38. The molecular weight excluding hydrogens is 418 g/mol. The topological polar surface area (TPSA) is 71.5 Å². The Balaban J connectivity index is 1.67. The van der Waals surface area contributed by atoms with Crippen LogP contribution in [0.4, 0.5) is 0 Å². The van der Waals surface area contributed by atoms with Crippen molar-refractivity contribution in [1.82, 2.24) is 4.31 Å². The highest BCUT2D eigenvalue weighted by Gasteiger charge is 2.19. The molecule has 30 heavy (non-hydrogen) atoms. The monoisotopic (exact) mass is 443 g/mol. The van der Waals surface area contributed by atoms with Crippen molar-refractivity contribution >= 4 is 19.9 Å². The number of hydrogen-bond donors (Lipinski definition) is 0. The lowest BCUT2D eigenvalue weighted by Gasteiger charge is -2.17. The van der Waals surface area contributed by atoms with Crippen molar-refractivity contribution in [3.8, 4) is 0 Å². The van der Waals surface area contributed by atoms with E-state index in [0.717, 1.165) is 11.1 Å². The van der Waals surface area contributed by atoms with Gasteiger partial charge in [-0.15, -0.1) is 0 Å². The van der Waals surface area contributed by atoms with Crippen LogP contribution in [0.3, 0.4) is 0 Å². The third-order valence-electron chi connectivity index (χ3n) is 4.83. The van der Waals surface area contributed by atoms with E-state index in [0.29, 0.717) is 17.7 Å². The van der Waals surface area contributed by atoms with E-state index in [1.54, 1.807) is 55.6 Å². The summed E-state index contributed by atoms with van der Waals surface area (Å²) in [4.78, 5) is 0.280. The Hall–Kier alpha value is -2.48. The normalized spacial score (nSPS) is 12.2. The van der Waals surface area contributed by atoms with Crippen LogP contribution in [0, 0.1) is 6.92 Å². The van der Waals surface area contributed by atoms with E-state index in [-0.39, 0.29) is 16.4 Å². The van der Waals surface area contributed by atoms with Gasteiger partial charge < -0.3 is 0 Å². The van der Waals surface area contributed by atoms with Crippen LogP contribution in [0.25, 0.3) is 0 Å². The molecule has 7 heteroatoms. The van der Waals surface area contributed by atoms with Crippen LogP contribution in [0.15, 0.2) is 83.8 Å². The van der Waals surface area contributed by atoms with Crippen molar-refractivity contribution in [2.24, 2.45) is 0 Å². The summed E-state index contributed by atoms with van der Waals surface area (Å²) in [5.41, 5.74) is 3.15. The van der Waals surface area contributed by atoms with Gasteiger partial charge in [0.2, 0.25) is 10.0 Å². The van der Waals surface area contributed by atoms with Crippen molar-refractivity contribution in [3.63, 3.8) is 0 Å². The SMILES string of the molecule is Cc1ccc(S(=O)(=O)Cc2ccc(CS(=O)(=O)N(C)Cc3ccccc3)cc2)cc1.